The zero-order chi connectivity index (χ0) is 18.1. The number of aliphatic imine (C=N–C) groups is 1. The molecule has 2 rings (SSSR count). The molecule has 2 N–H and O–H groups in total. The zero-order valence-corrected chi connectivity index (χ0v) is 18.5. The highest BCUT2D eigenvalue weighted by atomic mass is 127. The third kappa shape index (κ3) is 6.58. The summed E-state index contributed by atoms with van der Waals surface area (Å²) >= 11 is 0. The monoisotopic (exact) mass is 496 g/mol. The van der Waals surface area contributed by atoms with Gasteiger partial charge in [0.25, 0.3) is 0 Å². The Balaban J connectivity index is 0.00000338. The average molecular weight is 496 g/mol. The number of fused-ring (bicyclic) bond motifs is 1. The fraction of sp³-hybridized carbons (Fsp3) is 0.588. The first-order valence-electron chi connectivity index (χ1n) is 8.68. The number of hydrogen-bond acceptors (Lipinski definition) is 4. The second-order valence-electron chi connectivity index (χ2n) is 5.80. The topological polar surface area (TPSA) is 83.0 Å². The highest BCUT2D eigenvalue weighted by Crippen LogP contribution is 2.29. The van der Waals surface area contributed by atoms with Gasteiger partial charge in [0.1, 0.15) is 0 Å². The second-order valence-corrected chi connectivity index (χ2v) is 7.81. The molecular formula is C17H29IN4O3S. The Labute approximate surface area is 173 Å². The molecule has 0 saturated heterocycles. The molecule has 9 heteroatoms. The van der Waals surface area contributed by atoms with E-state index >= 15 is 0 Å². The van der Waals surface area contributed by atoms with Gasteiger partial charge in [0.05, 0.1) is 11.4 Å². The summed E-state index contributed by atoms with van der Waals surface area (Å²) in [6.07, 6.45) is 1.60. The lowest BCUT2D eigenvalue weighted by Gasteiger charge is -2.20. The van der Waals surface area contributed by atoms with Crippen molar-refractivity contribution in [2.75, 3.05) is 50.0 Å². The Kier molecular flexibility index (Phi) is 10.3. The number of ether oxygens (including phenoxy) is 1. The minimum atomic E-state index is -3.35. The predicted molar refractivity (Wildman–Crippen MR) is 117 cm³/mol. The van der Waals surface area contributed by atoms with E-state index in [1.807, 2.05) is 31.2 Å². The second kappa shape index (κ2) is 11.6. The summed E-state index contributed by atoms with van der Waals surface area (Å²) in [5.41, 5.74) is 1.90. The number of rotatable bonds is 9. The lowest BCUT2D eigenvalue weighted by molar-refractivity contribution is 0.197. The Hall–Kier alpha value is -1.07. The van der Waals surface area contributed by atoms with Crippen LogP contribution in [0.3, 0.4) is 0 Å². The first kappa shape index (κ1) is 23.0. The molecule has 1 aromatic carbocycles. The molecule has 0 saturated carbocycles. The average Bonchev–Trinajstić information content (AvgIpc) is 3.03. The van der Waals surface area contributed by atoms with Gasteiger partial charge in [-0.3, -0.25) is 9.30 Å². The lowest BCUT2D eigenvalue weighted by Crippen LogP contribution is -2.42. The van der Waals surface area contributed by atoms with Crippen LogP contribution in [0.2, 0.25) is 0 Å². The lowest BCUT2D eigenvalue weighted by atomic mass is 10.2. The molecule has 148 valence electrons. The smallest absolute Gasteiger partial charge is 0.236 e. The van der Waals surface area contributed by atoms with Gasteiger partial charge >= 0.3 is 0 Å². The van der Waals surface area contributed by atoms with Crippen LogP contribution in [0.25, 0.3) is 0 Å². The number of benzene rings is 1. The van der Waals surface area contributed by atoms with Gasteiger partial charge in [-0.2, -0.15) is 0 Å². The first-order chi connectivity index (χ1) is 12.1. The van der Waals surface area contributed by atoms with Crippen molar-refractivity contribution in [1.82, 2.24) is 10.6 Å². The van der Waals surface area contributed by atoms with E-state index in [9.17, 15) is 8.42 Å². The highest BCUT2D eigenvalue weighted by Gasteiger charge is 2.28. The molecule has 0 unspecified atom stereocenters. The molecule has 1 aliphatic heterocycles. The number of nitrogens with zero attached hydrogens (tertiary/aromatic N) is 2. The van der Waals surface area contributed by atoms with E-state index < -0.39 is 10.0 Å². The van der Waals surface area contributed by atoms with Gasteiger partial charge in [-0.1, -0.05) is 18.2 Å². The molecule has 0 radical (unpaired) electrons. The molecule has 0 bridgehead atoms. The van der Waals surface area contributed by atoms with Crippen LogP contribution in [-0.2, 0) is 21.2 Å². The van der Waals surface area contributed by atoms with Crippen LogP contribution < -0.4 is 14.9 Å². The Morgan fingerprint density at radius 1 is 1.31 bits per heavy atom. The van der Waals surface area contributed by atoms with Gasteiger partial charge in [0.2, 0.25) is 10.0 Å². The molecule has 1 aromatic rings. The molecule has 0 amide bonds. The van der Waals surface area contributed by atoms with Crippen LogP contribution in [-0.4, -0.2) is 60.0 Å². The van der Waals surface area contributed by atoms with Crippen LogP contribution in [0.4, 0.5) is 5.69 Å². The highest BCUT2D eigenvalue weighted by molar-refractivity contribution is 14.0. The molecule has 1 aliphatic rings. The minimum Gasteiger partial charge on any atom is -0.385 e. The number of halogens is 1. The fourth-order valence-corrected chi connectivity index (χ4v) is 4.17. The van der Waals surface area contributed by atoms with Gasteiger partial charge in [0.15, 0.2) is 5.96 Å². The zero-order valence-electron chi connectivity index (χ0n) is 15.4. The normalized spacial score (nSPS) is 13.9. The summed E-state index contributed by atoms with van der Waals surface area (Å²) in [5.74, 6) is 0.666. The molecule has 26 heavy (non-hydrogen) atoms. The summed E-state index contributed by atoms with van der Waals surface area (Å²) in [6, 6.07) is 7.67. The van der Waals surface area contributed by atoms with Crippen molar-refractivity contribution in [2.24, 2.45) is 4.99 Å². The maximum absolute atomic E-state index is 12.6. The van der Waals surface area contributed by atoms with Crippen molar-refractivity contribution in [3.8, 4) is 0 Å². The molecule has 0 atom stereocenters. The van der Waals surface area contributed by atoms with E-state index in [0.29, 0.717) is 32.2 Å². The van der Waals surface area contributed by atoms with Gasteiger partial charge in [-0.05, 0) is 31.4 Å². The van der Waals surface area contributed by atoms with E-state index in [1.165, 1.54) is 4.31 Å². The van der Waals surface area contributed by atoms with E-state index in [4.69, 9.17) is 4.74 Å². The predicted octanol–water partition coefficient (Wildman–Crippen LogP) is 1.59. The van der Waals surface area contributed by atoms with Gasteiger partial charge in [-0.25, -0.2) is 8.42 Å². The molecule has 1 heterocycles. The van der Waals surface area contributed by atoms with Crippen LogP contribution in [0.15, 0.2) is 29.3 Å². The third-order valence-electron chi connectivity index (χ3n) is 3.95. The Bertz CT molecular complexity index is 682. The van der Waals surface area contributed by atoms with E-state index in [1.54, 1.807) is 7.11 Å². The molecule has 7 nitrogen and oxygen atoms in total. The number of hydrogen-bond donors (Lipinski definition) is 2. The molecular weight excluding hydrogens is 467 g/mol. The van der Waals surface area contributed by atoms with Gasteiger partial charge < -0.3 is 15.4 Å². The SMILES string of the molecule is CCNC(=NCCCOC)NCCS(=O)(=O)N1CCc2ccccc21.I. The maximum atomic E-state index is 12.6. The summed E-state index contributed by atoms with van der Waals surface area (Å²) < 4.78 is 31.8. The van der Waals surface area contributed by atoms with E-state index in [-0.39, 0.29) is 29.7 Å². The van der Waals surface area contributed by atoms with E-state index in [0.717, 1.165) is 30.6 Å². The van der Waals surface area contributed by atoms with Crippen molar-refractivity contribution in [3.05, 3.63) is 29.8 Å². The summed E-state index contributed by atoms with van der Waals surface area (Å²) in [7, 11) is -1.68. The summed E-state index contributed by atoms with van der Waals surface area (Å²) in [4.78, 5) is 4.41. The molecule has 0 fully saturated rings. The Morgan fingerprint density at radius 3 is 2.81 bits per heavy atom. The van der Waals surface area contributed by atoms with Crippen LogP contribution in [0.1, 0.15) is 18.9 Å². The summed E-state index contributed by atoms with van der Waals surface area (Å²) in [6.45, 7) is 4.83. The van der Waals surface area contributed by atoms with Crippen molar-refractivity contribution in [2.45, 2.75) is 19.8 Å². The van der Waals surface area contributed by atoms with Crippen molar-refractivity contribution >= 4 is 45.6 Å². The number of nitrogens with one attached hydrogen (secondary N) is 2. The van der Waals surface area contributed by atoms with Crippen LogP contribution in [0, 0.1) is 0 Å². The van der Waals surface area contributed by atoms with Crippen molar-refractivity contribution in [1.29, 1.82) is 0 Å². The van der Waals surface area contributed by atoms with Crippen molar-refractivity contribution < 1.29 is 13.2 Å². The van der Waals surface area contributed by atoms with Gasteiger partial charge in [0, 0.05) is 39.9 Å². The summed E-state index contributed by atoms with van der Waals surface area (Å²) in [5, 5.41) is 6.21. The number of anilines is 1. The third-order valence-corrected chi connectivity index (χ3v) is 5.72. The fourth-order valence-electron chi connectivity index (χ4n) is 2.75. The van der Waals surface area contributed by atoms with Gasteiger partial charge in [-0.15, -0.1) is 24.0 Å². The molecule has 0 spiro atoms. The largest absolute Gasteiger partial charge is 0.385 e. The standard InChI is InChI=1S/C17H28N4O3S.HI/c1-3-18-17(19-10-6-13-24-2)20-11-14-25(22,23)21-12-9-15-7-4-5-8-16(15)21;/h4-5,7-8H,3,6,9-14H2,1-2H3,(H2,18,19,20);1H. The molecule has 0 aromatic heterocycles. The number of sulfonamides is 1. The number of para-hydroxylation sites is 1. The Morgan fingerprint density at radius 2 is 2.08 bits per heavy atom. The van der Waals surface area contributed by atoms with Crippen molar-refractivity contribution in [3.63, 3.8) is 0 Å². The van der Waals surface area contributed by atoms with E-state index in [2.05, 4.69) is 15.6 Å². The van der Waals surface area contributed by atoms with Crippen LogP contribution in [0.5, 0.6) is 0 Å². The minimum absolute atomic E-state index is 0. The maximum Gasteiger partial charge on any atom is 0.236 e. The quantitative estimate of drug-likeness (QED) is 0.235. The van der Waals surface area contributed by atoms with Crippen LogP contribution >= 0.6 is 24.0 Å². The molecule has 0 aliphatic carbocycles. The first-order valence-corrected chi connectivity index (χ1v) is 10.3. The number of guanidine groups is 1. The number of methoxy groups -OCH3 is 1.